The molecule has 0 aromatic heterocycles. The highest BCUT2D eigenvalue weighted by Gasteiger charge is 2.21. The summed E-state index contributed by atoms with van der Waals surface area (Å²) >= 11 is 0. The van der Waals surface area contributed by atoms with Crippen molar-refractivity contribution in [3.05, 3.63) is 65.5 Å². The molecule has 0 radical (unpaired) electrons. The Morgan fingerprint density at radius 3 is 2.56 bits per heavy atom. The molecule has 0 aliphatic rings. The number of hydrogen-bond donors (Lipinski definition) is 2. The molecule has 0 aliphatic heterocycles. The Morgan fingerprint density at radius 1 is 1.20 bits per heavy atom. The Morgan fingerprint density at radius 2 is 1.92 bits per heavy atom. The molecule has 0 bridgehead atoms. The smallest absolute Gasteiger partial charge is 0.408 e. The van der Waals surface area contributed by atoms with E-state index in [9.17, 15) is 19.1 Å². The Bertz CT molecular complexity index is 736. The number of halogens is 1. The lowest BCUT2D eigenvalue weighted by Crippen LogP contribution is -2.45. The number of rotatable bonds is 7. The fourth-order valence-corrected chi connectivity index (χ4v) is 1.97. The minimum Gasteiger partial charge on any atom is -0.491 e. The Hall–Kier alpha value is -3.09. The molecule has 2 N–H and O–H groups in total. The molecule has 2 aromatic rings. The highest BCUT2D eigenvalue weighted by molar-refractivity contribution is 5.80. The lowest BCUT2D eigenvalue weighted by Gasteiger charge is -2.16. The van der Waals surface area contributed by atoms with Gasteiger partial charge in [-0.25, -0.2) is 14.0 Å². The van der Waals surface area contributed by atoms with Crippen LogP contribution in [0, 0.1) is 12.7 Å². The molecule has 2 rings (SSSR count). The van der Waals surface area contributed by atoms with Crippen molar-refractivity contribution in [3.8, 4) is 5.75 Å². The van der Waals surface area contributed by atoms with Gasteiger partial charge in [0.25, 0.3) is 0 Å². The summed E-state index contributed by atoms with van der Waals surface area (Å²) in [5, 5.41) is 11.4. The van der Waals surface area contributed by atoms with Crippen molar-refractivity contribution in [1.82, 2.24) is 5.32 Å². The van der Waals surface area contributed by atoms with Crippen LogP contribution in [0.15, 0.2) is 48.5 Å². The number of aryl methyl sites for hydroxylation is 1. The first-order chi connectivity index (χ1) is 12.0. The van der Waals surface area contributed by atoms with Gasteiger partial charge in [-0.2, -0.15) is 0 Å². The normalized spacial score (nSPS) is 11.4. The van der Waals surface area contributed by atoms with Gasteiger partial charge in [-0.05, 0) is 36.2 Å². The molecule has 0 saturated carbocycles. The number of hydrogen-bond acceptors (Lipinski definition) is 4. The van der Waals surface area contributed by atoms with Gasteiger partial charge in [0.15, 0.2) is 6.04 Å². The van der Waals surface area contributed by atoms with Gasteiger partial charge in [0.1, 0.15) is 24.8 Å². The van der Waals surface area contributed by atoms with Gasteiger partial charge in [0, 0.05) is 0 Å². The standard InChI is InChI=1S/C18H18FNO5/c1-12-9-14(7-8-15(12)19)24-11-16(17(21)22)20-18(23)25-10-13-5-3-2-4-6-13/h2-9,16H,10-11H2,1H3,(H,20,23)(H,21,22). The number of carbonyl (C=O) groups excluding carboxylic acids is 1. The van der Waals surface area contributed by atoms with E-state index in [0.717, 1.165) is 5.56 Å². The second kappa shape index (κ2) is 8.68. The minimum atomic E-state index is -1.30. The number of ether oxygens (including phenoxy) is 2. The lowest BCUT2D eigenvalue weighted by atomic mass is 10.2. The fraction of sp³-hybridized carbons (Fsp3) is 0.222. The van der Waals surface area contributed by atoms with Crippen LogP contribution in [-0.2, 0) is 16.1 Å². The maximum Gasteiger partial charge on any atom is 0.408 e. The average molecular weight is 347 g/mol. The van der Waals surface area contributed by atoms with Crippen molar-refractivity contribution in [2.24, 2.45) is 0 Å². The predicted octanol–water partition coefficient (Wildman–Crippen LogP) is 2.89. The van der Waals surface area contributed by atoms with Crippen molar-refractivity contribution in [2.75, 3.05) is 6.61 Å². The van der Waals surface area contributed by atoms with Gasteiger partial charge in [0.05, 0.1) is 0 Å². The summed E-state index contributed by atoms with van der Waals surface area (Å²) in [4.78, 5) is 23.0. The third kappa shape index (κ3) is 5.80. The third-order valence-electron chi connectivity index (χ3n) is 3.35. The topological polar surface area (TPSA) is 84.9 Å². The van der Waals surface area contributed by atoms with Crippen LogP contribution in [0.4, 0.5) is 9.18 Å². The summed E-state index contributed by atoms with van der Waals surface area (Å²) in [6.45, 7) is 1.27. The summed E-state index contributed by atoms with van der Waals surface area (Å²) < 4.78 is 23.5. The molecule has 0 saturated heterocycles. The van der Waals surface area contributed by atoms with Gasteiger partial charge in [-0.1, -0.05) is 30.3 Å². The van der Waals surface area contributed by atoms with Crippen LogP contribution >= 0.6 is 0 Å². The molecule has 0 fully saturated rings. The first-order valence-electron chi connectivity index (χ1n) is 7.54. The van der Waals surface area contributed by atoms with Gasteiger partial charge in [-0.3, -0.25) is 0 Å². The van der Waals surface area contributed by atoms with Crippen molar-refractivity contribution < 1.29 is 28.6 Å². The zero-order valence-electron chi connectivity index (χ0n) is 13.6. The Balaban J connectivity index is 1.86. The van der Waals surface area contributed by atoms with E-state index in [1.54, 1.807) is 31.2 Å². The largest absolute Gasteiger partial charge is 0.491 e. The highest BCUT2D eigenvalue weighted by atomic mass is 19.1. The van der Waals surface area contributed by atoms with Crippen molar-refractivity contribution in [2.45, 2.75) is 19.6 Å². The van der Waals surface area contributed by atoms with Crippen LogP contribution in [0.3, 0.4) is 0 Å². The van der Waals surface area contributed by atoms with Crippen molar-refractivity contribution in [1.29, 1.82) is 0 Å². The van der Waals surface area contributed by atoms with E-state index in [4.69, 9.17) is 9.47 Å². The van der Waals surface area contributed by atoms with Gasteiger partial charge >= 0.3 is 12.1 Å². The van der Waals surface area contributed by atoms with E-state index >= 15 is 0 Å². The average Bonchev–Trinajstić information content (AvgIpc) is 2.60. The number of nitrogens with one attached hydrogen (secondary N) is 1. The molecule has 1 atom stereocenters. The summed E-state index contributed by atoms with van der Waals surface area (Å²) in [7, 11) is 0. The molecule has 1 unspecified atom stereocenters. The maximum atomic E-state index is 13.2. The molecular weight excluding hydrogens is 329 g/mol. The van der Waals surface area contributed by atoms with Crippen LogP contribution in [0.2, 0.25) is 0 Å². The van der Waals surface area contributed by atoms with Gasteiger partial charge in [-0.15, -0.1) is 0 Å². The summed E-state index contributed by atoms with van der Waals surface area (Å²) in [6, 6.07) is 11.7. The Kier molecular flexibility index (Phi) is 6.33. The molecule has 0 spiro atoms. The zero-order chi connectivity index (χ0) is 18.2. The lowest BCUT2D eigenvalue weighted by molar-refractivity contribution is -0.140. The molecule has 6 nitrogen and oxygen atoms in total. The maximum absolute atomic E-state index is 13.2. The number of benzene rings is 2. The second-order valence-corrected chi connectivity index (χ2v) is 5.32. The minimum absolute atomic E-state index is 0.0248. The van der Waals surface area contributed by atoms with Crippen LogP contribution < -0.4 is 10.1 Å². The molecule has 25 heavy (non-hydrogen) atoms. The van der Waals surface area contributed by atoms with E-state index in [-0.39, 0.29) is 19.0 Å². The van der Waals surface area contributed by atoms with Crippen LogP contribution in [0.25, 0.3) is 0 Å². The van der Waals surface area contributed by atoms with E-state index in [1.165, 1.54) is 18.2 Å². The summed E-state index contributed by atoms with van der Waals surface area (Å²) in [5.41, 5.74) is 1.15. The van der Waals surface area contributed by atoms with Crippen LogP contribution in [-0.4, -0.2) is 29.8 Å². The number of amides is 1. The molecule has 7 heteroatoms. The monoisotopic (exact) mass is 347 g/mol. The summed E-state index contributed by atoms with van der Waals surface area (Å²) in [6.07, 6.45) is -0.866. The molecule has 0 aliphatic carbocycles. The van der Waals surface area contributed by atoms with Gasteiger partial charge in [0.2, 0.25) is 0 Å². The van der Waals surface area contributed by atoms with Gasteiger partial charge < -0.3 is 19.9 Å². The van der Waals surface area contributed by atoms with Crippen molar-refractivity contribution >= 4 is 12.1 Å². The van der Waals surface area contributed by atoms with E-state index in [2.05, 4.69) is 5.32 Å². The third-order valence-corrected chi connectivity index (χ3v) is 3.35. The number of carboxylic acids is 1. The van der Waals surface area contributed by atoms with Crippen molar-refractivity contribution in [3.63, 3.8) is 0 Å². The molecule has 2 aromatic carbocycles. The van der Waals surface area contributed by atoms with E-state index in [1.807, 2.05) is 6.07 Å². The fourth-order valence-electron chi connectivity index (χ4n) is 1.97. The SMILES string of the molecule is Cc1cc(OCC(NC(=O)OCc2ccccc2)C(=O)O)ccc1F. The van der Waals surface area contributed by atoms with Crippen LogP contribution in [0.1, 0.15) is 11.1 Å². The predicted molar refractivity (Wildman–Crippen MR) is 87.8 cm³/mol. The number of carbonyl (C=O) groups is 2. The Labute approximate surface area is 144 Å². The molecular formula is C18H18FNO5. The van der Waals surface area contributed by atoms with E-state index < -0.39 is 18.1 Å². The quantitative estimate of drug-likeness (QED) is 0.804. The number of aliphatic carboxylic acids is 1. The first kappa shape index (κ1) is 18.3. The zero-order valence-corrected chi connectivity index (χ0v) is 13.6. The number of alkyl carbamates (subject to hydrolysis) is 1. The molecule has 0 heterocycles. The summed E-state index contributed by atoms with van der Waals surface area (Å²) in [5.74, 6) is -1.34. The second-order valence-electron chi connectivity index (χ2n) is 5.32. The van der Waals surface area contributed by atoms with Crippen LogP contribution in [0.5, 0.6) is 5.75 Å². The van der Waals surface area contributed by atoms with E-state index in [0.29, 0.717) is 11.3 Å². The number of carboxylic acid groups (broad SMARTS) is 1. The molecule has 132 valence electrons. The molecule has 1 amide bonds. The first-order valence-corrected chi connectivity index (χ1v) is 7.54. The highest BCUT2D eigenvalue weighted by Crippen LogP contribution is 2.16.